The summed E-state index contributed by atoms with van der Waals surface area (Å²) in [6.07, 6.45) is 6.39. The third-order valence-corrected chi connectivity index (χ3v) is 7.72. The zero-order valence-corrected chi connectivity index (χ0v) is 19.1. The van der Waals surface area contributed by atoms with E-state index in [-0.39, 0.29) is 23.8 Å². The van der Waals surface area contributed by atoms with E-state index in [9.17, 15) is 14.4 Å². The summed E-state index contributed by atoms with van der Waals surface area (Å²) in [5, 5.41) is 0. The monoisotopic (exact) mass is 441 g/mol. The van der Waals surface area contributed by atoms with Crippen LogP contribution in [0.3, 0.4) is 0 Å². The lowest BCUT2D eigenvalue weighted by Gasteiger charge is -2.39. The van der Waals surface area contributed by atoms with Crippen molar-refractivity contribution in [1.29, 1.82) is 0 Å². The van der Waals surface area contributed by atoms with Crippen LogP contribution >= 0.6 is 0 Å². The molecule has 2 amide bonds. The number of fused-ring (bicyclic) bond motifs is 2. The first kappa shape index (κ1) is 22.8. The Kier molecular flexibility index (Phi) is 6.30. The first-order valence-electron chi connectivity index (χ1n) is 11.9. The molecule has 3 aliphatic rings. The Bertz CT molecular complexity index is 901. The molecule has 2 fully saturated rings. The van der Waals surface area contributed by atoms with Crippen molar-refractivity contribution in [3.8, 4) is 0 Å². The third-order valence-electron chi connectivity index (χ3n) is 7.72. The van der Waals surface area contributed by atoms with E-state index in [0.717, 1.165) is 37.7 Å². The summed E-state index contributed by atoms with van der Waals surface area (Å²) in [6.45, 7) is 3.82. The number of benzene rings is 1. The van der Waals surface area contributed by atoms with E-state index in [1.807, 2.05) is 38.1 Å². The number of primary amides is 1. The number of hydrogen-bond donors (Lipinski definition) is 2. The van der Waals surface area contributed by atoms with E-state index in [1.54, 1.807) is 4.90 Å². The number of rotatable bonds is 5. The molecule has 0 radical (unpaired) electrons. The number of carbonyl (C=O) groups is 3. The van der Waals surface area contributed by atoms with Gasteiger partial charge in [0.15, 0.2) is 0 Å². The fraction of sp³-hybridized carbons (Fsp3) is 0.640. The normalized spacial score (nSPS) is 30.4. The van der Waals surface area contributed by atoms with Gasteiger partial charge in [-0.1, -0.05) is 51.0 Å². The second-order valence-electron chi connectivity index (χ2n) is 10.0. The second kappa shape index (κ2) is 8.85. The van der Waals surface area contributed by atoms with Crippen LogP contribution < -0.4 is 11.5 Å². The van der Waals surface area contributed by atoms with Crippen LogP contribution in [0.15, 0.2) is 24.3 Å². The molecule has 4 N–H and O–H groups in total. The van der Waals surface area contributed by atoms with E-state index in [1.165, 1.54) is 0 Å². The quantitative estimate of drug-likeness (QED) is 0.681. The van der Waals surface area contributed by atoms with Gasteiger partial charge in [0, 0.05) is 18.0 Å². The number of carbonyl (C=O) groups excluding carboxylic acids is 3. The van der Waals surface area contributed by atoms with Crippen LogP contribution in [-0.2, 0) is 31.1 Å². The fourth-order valence-electron chi connectivity index (χ4n) is 5.89. The Morgan fingerprint density at radius 3 is 2.56 bits per heavy atom. The van der Waals surface area contributed by atoms with Gasteiger partial charge in [-0.15, -0.1) is 0 Å². The molecule has 0 spiro atoms. The van der Waals surface area contributed by atoms with E-state index < -0.39 is 29.6 Å². The smallest absolute Gasteiger partial charge is 0.330 e. The van der Waals surface area contributed by atoms with Crippen LogP contribution in [0.2, 0.25) is 0 Å². The van der Waals surface area contributed by atoms with Crippen LogP contribution in [0.5, 0.6) is 0 Å². The molecule has 1 saturated carbocycles. The number of hydrogen-bond acceptors (Lipinski definition) is 5. The van der Waals surface area contributed by atoms with E-state index in [2.05, 4.69) is 0 Å². The molecule has 7 heteroatoms. The molecule has 0 aromatic heterocycles. The number of nitrogens with two attached hydrogens (primary N) is 2. The predicted octanol–water partition coefficient (Wildman–Crippen LogP) is 2.39. The fourth-order valence-corrected chi connectivity index (χ4v) is 5.89. The first-order chi connectivity index (χ1) is 15.3. The van der Waals surface area contributed by atoms with Crippen molar-refractivity contribution in [1.82, 2.24) is 4.90 Å². The lowest BCUT2D eigenvalue weighted by atomic mass is 9.78. The maximum absolute atomic E-state index is 13.6. The topological polar surface area (TPSA) is 116 Å². The maximum atomic E-state index is 13.6. The number of likely N-dealkylation sites (tertiary alicyclic amines) is 1. The van der Waals surface area contributed by atoms with Crippen molar-refractivity contribution in [3.63, 3.8) is 0 Å². The van der Waals surface area contributed by atoms with Gasteiger partial charge in [0.05, 0.1) is 6.04 Å². The Morgan fingerprint density at radius 1 is 1.12 bits per heavy atom. The van der Waals surface area contributed by atoms with Gasteiger partial charge < -0.3 is 21.1 Å². The highest BCUT2D eigenvalue weighted by Crippen LogP contribution is 2.43. The predicted molar refractivity (Wildman–Crippen MR) is 120 cm³/mol. The molecule has 5 atom stereocenters. The molecule has 32 heavy (non-hydrogen) atoms. The van der Waals surface area contributed by atoms with E-state index in [0.29, 0.717) is 24.8 Å². The number of ether oxygens (including phenoxy) is 1. The Hall–Kier alpha value is -2.41. The van der Waals surface area contributed by atoms with Gasteiger partial charge in [-0.3, -0.25) is 9.59 Å². The maximum Gasteiger partial charge on any atom is 0.330 e. The summed E-state index contributed by atoms with van der Waals surface area (Å²) >= 11 is 0. The minimum absolute atomic E-state index is 0.00164. The Morgan fingerprint density at radius 2 is 1.84 bits per heavy atom. The summed E-state index contributed by atoms with van der Waals surface area (Å²) < 4.78 is 6.03. The number of esters is 1. The Balaban J connectivity index is 1.66. The van der Waals surface area contributed by atoms with Crippen molar-refractivity contribution in [3.05, 3.63) is 35.4 Å². The van der Waals surface area contributed by atoms with Crippen molar-refractivity contribution < 1.29 is 19.1 Å². The third kappa shape index (κ3) is 3.81. The van der Waals surface area contributed by atoms with Crippen LogP contribution in [0, 0.1) is 11.8 Å². The molecule has 4 rings (SSSR count). The first-order valence-corrected chi connectivity index (χ1v) is 11.9. The number of amides is 2. The largest absolute Gasteiger partial charge is 0.442 e. The molecule has 174 valence electrons. The average molecular weight is 442 g/mol. The highest BCUT2D eigenvalue weighted by atomic mass is 16.6. The van der Waals surface area contributed by atoms with Gasteiger partial charge in [0.25, 0.3) is 5.91 Å². The second-order valence-corrected chi connectivity index (χ2v) is 10.0. The molecule has 5 unspecified atom stereocenters. The summed E-state index contributed by atoms with van der Waals surface area (Å²) in [7, 11) is 0. The van der Waals surface area contributed by atoms with Crippen LogP contribution in [0.1, 0.15) is 69.9 Å². The van der Waals surface area contributed by atoms with Gasteiger partial charge in [-0.05, 0) is 49.5 Å². The molecule has 1 aromatic carbocycles. The number of aryl methyl sites for hydroxylation is 1. The summed E-state index contributed by atoms with van der Waals surface area (Å²) in [5.74, 6) is -1.19. The average Bonchev–Trinajstić information content (AvgIpc) is 3.18. The molecule has 1 aromatic rings. The number of nitrogens with zero attached hydrogens (tertiary/aromatic N) is 1. The highest BCUT2D eigenvalue weighted by molar-refractivity contribution is 5.92. The lowest BCUT2D eigenvalue weighted by Crippen LogP contribution is -2.56. The summed E-state index contributed by atoms with van der Waals surface area (Å²) in [5.41, 5.74) is 12.2. The molecule has 1 heterocycles. The van der Waals surface area contributed by atoms with E-state index >= 15 is 0 Å². The molecule has 2 aliphatic carbocycles. The molecular formula is C25H35N3O4. The standard InChI is InChI=1S/C25H35N3O4/c1-15(2)21(26)22(29)28-19-12-6-4-9-17(19)14-20(28)23(30)32-25(24(27)31)13-7-10-16-8-3-5-11-18(16)25/h3,5,8,11,15,17,19-21H,4,6-7,9-10,12-14,26H2,1-2H3,(H2,27,31). The van der Waals surface area contributed by atoms with E-state index in [4.69, 9.17) is 16.2 Å². The SMILES string of the molecule is CC(C)C(N)C(=O)N1C(C(=O)OC2(C(N)=O)CCCc3ccccc32)CC2CCCCC21. The van der Waals surface area contributed by atoms with Gasteiger partial charge in [-0.2, -0.15) is 0 Å². The van der Waals surface area contributed by atoms with Crippen molar-refractivity contribution in [2.45, 2.75) is 88.9 Å². The van der Waals surface area contributed by atoms with Gasteiger partial charge in [-0.25, -0.2) is 4.79 Å². The van der Waals surface area contributed by atoms with Crippen molar-refractivity contribution in [2.75, 3.05) is 0 Å². The minimum Gasteiger partial charge on any atom is -0.442 e. The van der Waals surface area contributed by atoms with Crippen molar-refractivity contribution >= 4 is 17.8 Å². The Labute approximate surface area is 189 Å². The van der Waals surface area contributed by atoms with Gasteiger partial charge in [0.2, 0.25) is 11.5 Å². The summed E-state index contributed by atoms with van der Waals surface area (Å²) in [4.78, 5) is 41.4. The zero-order chi connectivity index (χ0) is 23.0. The van der Waals surface area contributed by atoms with Gasteiger partial charge in [0.1, 0.15) is 6.04 Å². The molecular weight excluding hydrogens is 406 g/mol. The summed E-state index contributed by atoms with van der Waals surface area (Å²) in [6, 6.07) is 6.10. The van der Waals surface area contributed by atoms with Crippen LogP contribution in [-0.4, -0.2) is 40.8 Å². The highest BCUT2D eigenvalue weighted by Gasteiger charge is 2.52. The molecule has 1 saturated heterocycles. The van der Waals surface area contributed by atoms with Crippen LogP contribution in [0.25, 0.3) is 0 Å². The van der Waals surface area contributed by atoms with Crippen molar-refractivity contribution in [2.24, 2.45) is 23.3 Å². The zero-order valence-electron chi connectivity index (χ0n) is 19.1. The minimum atomic E-state index is -1.49. The molecule has 1 aliphatic heterocycles. The molecule has 7 nitrogen and oxygen atoms in total. The molecule has 0 bridgehead atoms. The lowest BCUT2D eigenvalue weighted by molar-refractivity contribution is -0.176. The van der Waals surface area contributed by atoms with Crippen LogP contribution in [0.4, 0.5) is 0 Å². The van der Waals surface area contributed by atoms with Gasteiger partial charge >= 0.3 is 5.97 Å².